The molecule has 1 N–H and O–H groups in total. The van der Waals surface area contributed by atoms with Crippen molar-refractivity contribution in [3.63, 3.8) is 0 Å². The highest BCUT2D eigenvalue weighted by atomic mass is 35.5. The van der Waals surface area contributed by atoms with E-state index in [4.69, 9.17) is 11.6 Å². The van der Waals surface area contributed by atoms with E-state index >= 15 is 0 Å². The molecule has 1 fully saturated rings. The van der Waals surface area contributed by atoms with Gasteiger partial charge in [-0.3, -0.25) is 10.1 Å². The van der Waals surface area contributed by atoms with Gasteiger partial charge >= 0.3 is 0 Å². The molecule has 116 valence electrons. The van der Waals surface area contributed by atoms with Gasteiger partial charge in [-0.1, -0.05) is 18.5 Å². The van der Waals surface area contributed by atoms with Gasteiger partial charge < -0.3 is 10.2 Å². The number of nitrogens with one attached hydrogen (secondary N) is 1. The highest BCUT2D eigenvalue weighted by Gasteiger charge is 2.24. The molecule has 1 aromatic carbocycles. The molecule has 0 spiro atoms. The second kappa shape index (κ2) is 7.09. The van der Waals surface area contributed by atoms with Gasteiger partial charge in [-0.05, 0) is 50.9 Å². The first-order valence-electron chi connectivity index (χ1n) is 7.44. The molecular weight excluding hydrogens is 290 g/mol. The van der Waals surface area contributed by atoms with Gasteiger partial charge in [-0.25, -0.2) is 0 Å². The molecule has 0 aliphatic carbocycles. The standard InChI is InChI=1S/C15H22ClN3O2/c1-3-18-8-4-5-12(10-18)11(2)17-13-6-7-14(16)15(9-13)19(20)21/h6-7,9,11-12,17H,3-5,8,10H2,1-2H3. The van der Waals surface area contributed by atoms with E-state index in [1.54, 1.807) is 12.1 Å². The number of nitro groups is 1. The van der Waals surface area contributed by atoms with Gasteiger partial charge in [0.25, 0.3) is 5.69 Å². The van der Waals surface area contributed by atoms with E-state index in [2.05, 4.69) is 24.1 Å². The quantitative estimate of drug-likeness (QED) is 0.664. The Labute approximate surface area is 130 Å². The van der Waals surface area contributed by atoms with Crippen LogP contribution in [0.15, 0.2) is 18.2 Å². The predicted octanol–water partition coefficient (Wildman–Crippen LogP) is 3.78. The van der Waals surface area contributed by atoms with E-state index < -0.39 is 4.92 Å². The smallest absolute Gasteiger partial charge is 0.289 e. The molecule has 2 atom stereocenters. The van der Waals surface area contributed by atoms with Gasteiger partial charge in [0.2, 0.25) is 0 Å². The monoisotopic (exact) mass is 311 g/mol. The van der Waals surface area contributed by atoms with Gasteiger partial charge in [-0.2, -0.15) is 0 Å². The normalized spacial score (nSPS) is 21.0. The van der Waals surface area contributed by atoms with Crippen molar-refractivity contribution in [2.75, 3.05) is 25.0 Å². The molecule has 0 amide bonds. The Bertz CT molecular complexity index is 510. The Morgan fingerprint density at radius 1 is 1.57 bits per heavy atom. The van der Waals surface area contributed by atoms with Crippen LogP contribution in [0.3, 0.4) is 0 Å². The van der Waals surface area contributed by atoms with Crippen molar-refractivity contribution in [3.05, 3.63) is 33.3 Å². The second-order valence-electron chi connectivity index (χ2n) is 5.65. The van der Waals surface area contributed by atoms with Gasteiger partial charge in [0.1, 0.15) is 5.02 Å². The minimum Gasteiger partial charge on any atom is -0.382 e. The number of nitro benzene ring substituents is 1. The molecular formula is C15H22ClN3O2. The number of nitrogens with zero attached hydrogens (tertiary/aromatic N) is 2. The summed E-state index contributed by atoms with van der Waals surface area (Å²) < 4.78 is 0. The number of hydrogen-bond acceptors (Lipinski definition) is 4. The van der Waals surface area contributed by atoms with Crippen LogP contribution in [-0.2, 0) is 0 Å². The minimum atomic E-state index is -0.447. The summed E-state index contributed by atoms with van der Waals surface area (Å²) in [6, 6.07) is 5.17. The number of piperidine rings is 1. The number of anilines is 1. The van der Waals surface area contributed by atoms with Crippen molar-refractivity contribution in [1.82, 2.24) is 4.90 Å². The molecule has 2 rings (SSSR count). The Hall–Kier alpha value is -1.33. The molecule has 0 aromatic heterocycles. The van der Waals surface area contributed by atoms with Crippen LogP contribution in [0.5, 0.6) is 0 Å². The van der Waals surface area contributed by atoms with E-state index in [0.717, 1.165) is 18.8 Å². The van der Waals surface area contributed by atoms with Crippen molar-refractivity contribution in [2.45, 2.75) is 32.7 Å². The molecule has 21 heavy (non-hydrogen) atoms. The third-order valence-corrected chi connectivity index (χ3v) is 4.55. The zero-order valence-electron chi connectivity index (χ0n) is 12.5. The van der Waals surface area contributed by atoms with Gasteiger partial charge in [-0.15, -0.1) is 0 Å². The molecule has 2 unspecified atom stereocenters. The molecule has 6 heteroatoms. The maximum absolute atomic E-state index is 10.9. The topological polar surface area (TPSA) is 58.4 Å². The number of likely N-dealkylation sites (tertiary alicyclic amines) is 1. The fourth-order valence-corrected chi connectivity index (χ4v) is 3.10. The summed E-state index contributed by atoms with van der Waals surface area (Å²) >= 11 is 5.84. The number of hydrogen-bond donors (Lipinski definition) is 1. The van der Waals surface area contributed by atoms with Crippen LogP contribution in [-0.4, -0.2) is 35.5 Å². The summed E-state index contributed by atoms with van der Waals surface area (Å²) in [5.41, 5.74) is 0.708. The van der Waals surface area contributed by atoms with E-state index in [1.807, 2.05) is 0 Å². The summed E-state index contributed by atoms with van der Waals surface area (Å²) in [4.78, 5) is 12.9. The number of rotatable bonds is 5. The molecule has 1 aliphatic heterocycles. The van der Waals surface area contributed by atoms with Crippen LogP contribution in [0, 0.1) is 16.0 Å². The SMILES string of the molecule is CCN1CCCC(C(C)Nc2ccc(Cl)c([N+](=O)[O-])c2)C1. The van der Waals surface area contributed by atoms with Crippen molar-refractivity contribution in [2.24, 2.45) is 5.92 Å². The lowest BCUT2D eigenvalue weighted by molar-refractivity contribution is -0.384. The van der Waals surface area contributed by atoms with E-state index in [9.17, 15) is 10.1 Å². The Balaban J connectivity index is 2.03. The molecule has 1 aliphatic rings. The van der Waals surface area contributed by atoms with Crippen LogP contribution in [0.25, 0.3) is 0 Å². The maximum atomic E-state index is 10.9. The zero-order chi connectivity index (χ0) is 15.4. The summed E-state index contributed by atoms with van der Waals surface area (Å²) in [6.07, 6.45) is 2.41. The molecule has 1 heterocycles. The highest BCUT2D eigenvalue weighted by molar-refractivity contribution is 6.32. The van der Waals surface area contributed by atoms with E-state index in [0.29, 0.717) is 5.92 Å². The summed E-state index contributed by atoms with van der Waals surface area (Å²) in [7, 11) is 0. The second-order valence-corrected chi connectivity index (χ2v) is 6.06. The minimum absolute atomic E-state index is 0.0484. The lowest BCUT2D eigenvalue weighted by Gasteiger charge is -2.35. The van der Waals surface area contributed by atoms with Crippen LogP contribution in [0.2, 0.25) is 5.02 Å². The van der Waals surface area contributed by atoms with Crippen LogP contribution in [0.1, 0.15) is 26.7 Å². The van der Waals surface area contributed by atoms with Crippen molar-refractivity contribution >= 4 is 23.0 Å². The lowest BCUT2D eigenvalue weighted by Crippen LogP contribution is -2.41. The maximum Gasteiger partial charge on any atom is 0.289 e. The largest absolute Gasteiger partial charge is 0.382 e. The van der Waals surface area contributed by atoms with Crippen molar-refractivity contribution in [3.8, 4) is 0 Å². The van der Waals surface area contributed by atoms with Gasteiger partial charge in [0, 0.05) is 24.3 Å². The average molecular weight is 312 g/mol. The van der Waals surface area contributed by atoms with Crippen LogP contribution in [0.4, 0.5) is 11.4 Å². The van der Waals surface area contributed by atoms with E-state index in [1.165, 1.54) is 25.5 Å². The fourth-order valence-electron chi connectivity index (χ4n) is 2.91. The molecule has 0 bridgehead atoms. The lowest BCUT2D eigenvalue weighted by atomic mass is 9.91. The van der Waals surface area contributed by atoms with Gasteiger partial charge in [0.15, 0.2) is 0 Å². The number of benzene rings is 1. The van der Waals surface area contributed by atoms with E-state index in [-0.39, 0.29) is 16.8 Å². The average Bonchev–Trinajstić information content (AvgIpc) is 2.49. The summed E-state index contributed by atoms with van der Waals surface area (Å²) in [5, 5.41) is 14.5. The molecule has 0 radical (unpaired) electrons. The first-order valence-corrected chi connectivity index (χ1v) is 7.82. The molecule has 1 saturated heterocycles. The molecule has 1 aromatic rings. The summed E-state index contributed by atoms with van der Waals surface area (Å²) in [6.45, 7) is 7.66. The molecule has 5 nitrogen and oxygen atoms in total. The van der Waals surface area contributed by atoms with Gasteiger partial charge in [0.05, 0.1) is 4.92 Å². The third-order valence-electron chi connectivity index (χ3n) is 4.23. The predicted molar refractivity (Wildman–Crippen MR) is 86.0 cm³/mol. The Kier molecular flexibility index (Phi) is 5.42. The Morgan fingerprint density at radius 3 is 3.00 bits per heavy atom. The Morgan fingerprint density at radius 2 is 2.33 bits per heavy atom. The fraction of sp³-hybridized carbons (Fsp3) is 0.600. The highest BCUT2D eigenvalue weighted by Crippen LogP contribution is 2.29. The zero-order valence-corrected chi connectivity index (χ0v) is 13.3. The number of halogens is 1. The first-order chi connectivity index (χ1) is 10.0. The summed E-state index contributed by atoms with van der Waals surface area (Å²) in [5.74, 6) is 0.563. The van der Waals surface area contributed by atoms with Crippen LogP contribution < -0.4 is 5.32 Å². The third kappa shape index (κ3) is 4.08. The van der Waals surface area contributed by atoms with Crippen molar-refractivity contribution in [1.29, 1.82) is 0 Å². The molecule has 0 saturated carbocycles. The first kappa shape index (κ1) is 16.0. The van der Waals surface area contributed by atoms with Crippen molar-refractivity contribution < 1.29 is 4.92 Å². The van der Waals surface area contributed by atoms with Crippen LogP contribution >= 0.6 is 11.6 Å².